The fourth-order valence-electron chi connectivity index (χ4n) is 5.51. The number of nitriles is 1. The fraction of sp³-hybridized carbons (Fsp3) is 0.405. The molecule has 3 aromatic carbocycles. The largest absolute Gasteiger partial charge is 0.493 e. The van der Waals surface area contributed by atoms with E-state index in [1.165, 1.54) is 30.4 Å². The molecule has 0 spiro atoms. The first-order chi connectivity index (χ1) is 22.0. The van der Waals surface area contributed by atoms with Crippen molar-refractivity contribution in [1.82, 2.24) is 4.90 Å². The summed E-state index contributed by atoms with van der Waals surface area (Å²) in [6, 6.07) is 19.0. The van der Waals surface area contributed by atoms with Crippen LogP contribution in [0.15, 0.2) is 48.5 Å². The van der Waals surface area contributed by atoms with Crippen molar-refractivity contribution in [3.8, 4) is 53.0 Å². The van der Waals surface area contributed by atoms with Crippen molar-refractivity contribution in [2.24, 2.45) is 0 Å². The van der Waals surface area contributed by atoms with Crippen molar-refractivity contribution in [2.45, 2.75) is 65.5 Å². The molecule has 1 fully saturated rings. The SMILES string of the molecule is C#C.Cc1cc(CN2CCCCC2)c(OCCCCC#N)cc1OCc1cccc(-c2ccc3c(c2)OCCO3)c1C.O=CO. The molecule has 0 bridgehead atoms. The number of carboxylic acid groups (broad SMARTS) is 1. The first kappa shape index (κ1) is 34.8. The van der Waals surface area contributed by atoms with Crippen molar-refractivity contribution in [3.63, 3.8) is 0 Å². The van der Waals surface area contributed by atoms with Gasteiger partial charge in [0.05, 0.1) is 12.7 Å². The lowest BCUT2D eigenvalue weighted by Gasteiger charge is -2.27. The number of likely N-dealkylation sites (tertiary alicyclic amines) is 1. The number of hydrogen-bond donors (Lipinski definition) is 1. The summed E-state index contributed by atoms with van der Waals surface area (Å²) in [6.45, 7) is 9.42. The summed E-state index contributed by atoms with van der Waals surface area (Å²) in [4.78, 5) is 10.9. The Kier molecular flexibility index (Phi) is 14.6. The summed E-state index contributed by atoms with van der Waals surface area (Å²) < 4.78 is 24.2. The second-order valence-electron chi connectivity index (χ2n) is 10.9. The van der Waals surface area contributed by atoms with Crippen LogP contribution < -0.4 is 18.9 Å². The molecule has 45 heavy (non-hydrogen) atoms. The lowest BCUT2D eigenvalue weighted by Crippen LogP contribution is -2.29. The maximum atomic E-state index is 8.85. The van der Waals surface area contributed by atoms with Crippen LogP contribution >= 0.6 is 0 Å². The number of hydrogen-bond acceptors (Lipinski definition) is 7. The van der Waals surface area contributed by atoms with E-state index < -0.39 is 0 Å². The molecule has 1 saturated heterocycles. The minimum Gasteiger partial charge on any atom is -0.493 e. The van der Waals surface area contributed by atoms with Gasteiger partial charge in [0.1, 0.15) is 31.3 Å². The van der Waals surface area contributed by atoms with Crippen molar-refractivity contribution >= 4 is 6.47 Å². The van der Waals surface area contributed by atoms with Crippen LogP contribution in [0.25, 0.3) is 11.1 Å². The Hall–Kier alpha value is -4.66. The number of aryl methyl sites for hydroxylation is 1. The Morgan fingerprint density at radius 3 is 2.40 bits per heavy atom. The van der Waals surface area contributed by atoms with Gasteiger partial charge in [0, 0.05) is 24.6 Å². The van der Waals surface area contributed by atoms with Gasteiger partial charge in [-0.1, -0.05) is 30.7 Å². The van der Waals surface area contributed by atoms with Crippen LogP contribution in [0.4, 0.5) is 0 Å². The van der Waals surface area contributed by atoms with E-state index in [9.17, 15) is 0 Å². The predicted octanol–water partition coefficient (Wildman–Crippen LogP) is 7.33. The lowest BCUT2D eigenvalue weighted by molar-refractivity contribution is -0.122. The number of carbonyl (C=O) groups is 1. The topological polar surface area (TPSA) is 101 Å². The highest BCUT2D eigenvalue weighted by molar-refractivity contribution is 5.71. The van der Waals surface area contributed by atoms with Crippen molar-refractivity contribution < 1.29 is 28.8 Å². The van der Waals surface area contributed by atoms with Crippen LogP contribution in [0.1, 0.15) is 60.8 Å². The van der Waals surface area contributed by atoms with Gasteiger partial charge >= 0.3 is 0 Å². The van der Waals surface area contributed by atoms with E-state index >= 15 is 0 Å². The minimum absolute atomic E-state index is 0.250. The van der Waals surface area contributed by atoms with Crippen molar-refractivity contribution in [2.75, 3.05) is 32.9 Å². The summed E-state index contributed by atoms with van der Waals surface area (Å²) in [5, 5.41) is 15.7. The average Bonchev–Trinajstić information content (AvgIpc) is 3.07. The number of ether oxygens (including phenoxy) is 4. The molecule has 0 atom stereocenters. The number of rotatable bonds is 11. The predicted molar refractivity (Wildman–Crippen MR) is 176 cm³/mol. The van der Waals surface area contributed by atoms with Crippen LogP contribution in [0.3, 0.4) is 0 Å². The Bertz CT molecular complexity index is 1440. The van der Waals surface area contributed by atoms with E-state index in [0.29, 0.717) is 32.8 Å². The molecule has 2 aliphatic rings. The van der Waals surface area contributed by atoms with E-state index in [2.05, 4.69) is 80.1 Å². The summed E-state index contributed by atoms with van der Waals surface area (Å²) in [7, 11) is 0. The smallest absolute Gasteiger partial charge is 0.290 e. The normalized spacial score (nSPS) is 13.6. The molecule has 2 heterocycles. The first-order valence-electron chi connectivity index (χ1n) is 15.4. The lowest BCUT2D eigenvalue weighted by atomic mass is 9.96. The zero-order chi connectivity index (χ0) is 32.4. The fourth-order valence-corrected chi connectivity index (χ4v) is 5.51. The molecule has 0 unspecified atom stereocenters. The van der Waals surface area contributed by atoms with Gasteiger partial charge in [-0.05, 0) is 98.6 Å². The Labute approximate surface area is 267 Å². The van der Waals surface area contributed by atoms with Gasteiger partial charge in [-0.3, -0.25) is 9.69 Å². The van der Waals surface area contributed by atoms with Crippen LogP contribution in [0.5, 0.6) is 23.0 Å². The molecule has 0 aliphatic carbocycles. The van der Waals surface area contributed by atoms with Gasteiger partial charge in [-0.2, -0.15) is 5.26 Å². The van der Waals surface area contributed by atoms with Crippen molar-refractivity contribution in [1.29, 1.82) is 5.26 Å². The van der Waals surface area contributed by atoms with Crippen LogP contribution in [-0.2, 0) is 17.9 Å². The summed E-state index contributed by atoms with van der Waals surface area (Å²) >= 11 is 0. The zero-order valence-electron chi connectivity index (χ0n) is 26.4. The highest BCUT2D eigenvalue weighted by atomic mass is 16.6. The Balaban J connectivity index is 0.00000104. The minimum atomic E-state index is -0.250. The molecular formula is C37H44N2O6. The standard InChI is InChI=1S/C34H40N2O4.C2H2.CH2O2/c1-25-20-29(23-36-15-6-4-7-16-36)33(37-17-8-3-5-14-35)22-32(25)40-24-28-10-9-11-30(26(28)2)27-12-13-31-34(21-27)39-19-18-38-31;1-2;2-1-3/h9-13,20-22H,3-8,15-19,23-24H2,1-2H3;1-2H;1H,(H,2,3). The van der Waals surface area contributed by atoms with Gasteiger partial charge in [-0.15, -0.1) is 12.8 Å². The van der Waals surface area contributed by atoms with Crippen LogP contribution in [0.2, 0.25) is 0 Å². The monoisotopic (exact) mass is 612 g/mol. The van der Waals surface area contributed by atoms with E-state index in [1.54, 1.807) is 0 Å². The van der Waals surface area contributed by atoms with E-state index in [0.717, 1.165) is 77.7 Å². The molecule has 8 nitrogen and oxygen atoms in total. The quantitative estimate of drug-likeness (QED) is 0.136. The molecule has 8 heteroatoms. The molecule has 0 radical (unpaired) electrons. The third-order valence-electron chi connectivity index (χ3n) is 7.82. The number of terminal acetylenes is 1. The van der Waals surface area contributed by atoms with E-state index in [1.807, 2.05) is 6.07 Å². The first-order valence-corrected chi connectivity index (χ1v) is 15.4. The maximum Gasteiger partial charge on any atom is 0.290 e. The third kappa shape index (κ3) is 10.2. The number of piperidine rings is 1. The highest BCUT2D eigenvalue weighted by Crippen LogP contribution is 2.37. The molecule has 2 aliphatic heterocycles. The van der Waals surface area contributed by atoms with Gasteiger partial charge in [-0.25, -0.2) is 0 Å². The highest BCUT2D eigenvalue weighted by Gasteiger charge is 2.17. The molecule has 238 valence electrons. The second-order valence-corrected chi connectivity index (χ2v) is 10.9. The van der Waals surface area contributed by atoms with Crippen molar-refractivity contribution in [3.05, 3.63) is 70.8 Å². The second kappa shape index (κ2) is 18.9. The summed E-state index contributed by atoms with van der Waals surface area (Å²) in [5.41, 5.74) is 6.92. The number of unbranched alkanes of at least 4 members (excludes halogenated alkanes) is 2. The molecule has 1 N–H and O–H groups in total. The molecular weight excluding hydrogens is 568 g/mol. The molecule has 0 saturated carbocycles. The third-order valence-corrected chi connectivity index (χ3v) is 7.82. The van der Waals surface area contributed by atoms with Gasteiger partial charge in [0.15, 0.2) is 11.5 Å². The summed E-state index contributed by atoms with van der Waals surface area (Å²) in [6.07, 6.45) is 14.1. The number of nitrogens with zero attached hydrogens (tertiary/aromatic N) is 2. The van der Waals surface area contributed by atoms with Crippen LogP contribution in [-0.4, -0.2) is 49.4 Å². The van der Waals surface area contributed by atoms with Gasteiger partial charge in [0.2, 0.25) is 0 Å². The van der Waals surface area contributed by atoms with E-state index in [4.69, 9.17) is 34.1 Å². The molecule has 0 amide bonds. The molecule has 0 aromatic heterocycles. The Morgan fingerprint density at radius 1 is 0.933 bits per heavy atom. The maximum absolute atomic E-state index is 8.85. The number of benzene rings is 3. The zero-order valence-corrected chi connectivity index (χ0v) is 26.4. The van der Waals surface area contributed by atoms with Gasteiger partial charge in [0.25, 0.3) is 6.47 Å². The average molecular weight is 613 g/mol. The summed E-state index contributed by atoms with van der Waals surface area (Å²) in [5.74, 6) is 3.34. The van der Waals surface area contributed by atoms with Gasteiger partial charge < -0.3 is 24.1 Å². The number of fused-ring (bicyclic) bond motifs is 1. The molecule has 3 aromatic rings. The Morgan fingerprint density at radius 2 is 1.67 bits per heavy atom. The van der Waals surface area contributed by atoms with Crippen LogP contribution in [0, 0.1) is 38.0 Å². The van der Waals surface area contributed by atoms with E-state index in [-0.39, 0.29) is 6.47 Å². The molecule has 5 rings (SSSR count).